The third-order valence-electron chi connectivity index (χ3n) is 2.17. The maximum absolute atomic E-state index is 9.62. The van der Waals surface area contributed by atoms with Crippen LogP contribution in [0, 0.1) is 0 Å². The van der Waals surface area contributed by atoms with Gasteiger partial charge in [0.15, 0.2) is 0 Å². The van der Waals surface area contributed by atoms with Crippen LogP contribution in [0.5, 0.6) is 0 Å². The molecule has 0 unspecified atom stereocenters. The Bertz CT molecular complexity index is 125. The maximum Gasteiger partial charge on any atom is 0.102 e. The molecule has 0 spiro atoms. The predicted octanol–water partition coefficient (Wildman–Crippen LogP) is -1.35. The molecule has 1 fully saturated rings. The van der Waals surface area contributed by atoms with Crippen LogP contribution in [-0.2, 0) is 0 Å². The lowest BCUT2D eigenvalue weighted by atomic mass is 9.97. The summed E-state index contributed by atoms with van der Waals surface area (Å²) in [5, 5.41) is 15.9. The lowest BCUT2D eigenvalue weighted by molar-refractivity contribution is -0.00822. The van der Waals surface area contributed by atoms with E-state index in [4.69, 9.17) is 5.73 Å². The number of unbranched alkanes of at least 4 members (excludes halogenated alkanes) is 1. The maximum atomic E-state index is 9.62. The molecule has 1 rings (SSSR count). The number of rotatable bonds is 6. The summed E-state index contributed by atoms with van der Waals surface area (Å²) in [5.74, 6) is 0. The molecule has 0 radical (unpaired) electrons. The van der Waals surface area contributed by atoms with Crippen LogP contribution in [0.15, 0.2) is 0 Å². The van der Waals surface area contributed by atoms with Crippen molar-refractivity contribution in [2.75, 3.05) is 32.7 Å². The van der Waals surface area contributed by atoms with Crippen molar-refractivity contribution < 1.29 is 5.11 Å². The van der Waals surface area contributed by atoms with Gasteiger partial charge in [-0.05, 0) is 25.9 Å². The van der Waals surface area contributed by atoms with Gasteiger partial charge in [0.05, 0.1) is 0 Å². The summed E-state index contributed by atoms with van der Waals surface area (Å²) in [7, 11) is 0. The van der Waals surface area contributed by atoms with Crippen LogP contribution >= 0.6 is 0 Å². The van der Waals surface area contributed by atoms with Crippen LogP contribution in [0.1, 0.15) is 12.8 Å². The smallest absolute Gasteiger partial charge is 0.102 e. The Morgan fingerprint density at radius 1 is 1.42 bits per heavy atom. The third kappa shape index (κ3) is 3.06. The van der Waals surface area contributed by atoms with Gasteiger partial charge < -0.3 is 21.5 Å². The second kappa shape index (κ2) is 4.77. The van der Waals surface area contributed by atoms with Gasteiger partial charge in [-0.15, -0.1) is 0 Å². The number of aliphatic hydroxyl groups is 1. The van der Waals surface area contributed by atoms with Crippen LogP contribution in [-0.4, -0.2) is 43.4 Å². The molecule has 0 atom stereocenters. The second-order valence-electron chi connectivity index (χ2n) is 3.50. The number of nitrogens with one attached hydrogen (secondary N) is 2. The molecule has 5 N–H and O–H groups in total. The highest BCUT2D eigenvalue weighted by Crippen LogP contribution is 2.07. The molecule has 1 aliphatic rings. The molecule has 0 aromatic heterocycles. The molecule has 0 bridgehead atoms. The number of hydrogen-bond acceptors (Lipinski definition) is 4. The normalized spacial score (nSPS) is 20.5. The van der Waals surface area contributed by atoms with Gasteiger partial charge in [0, 0.05) is 19.6 Å². The van der Waals surface area contributed by atoms with Gasteiger partial charge in [-0.25, -0.2) is 0 Å². The van der Waals surface area contributed by atoms with Gasteiger partial charge in [-0.1, -0.05) is 0 Å². The first-order valence-electron chi connectivity index (χ1n) is 4.61. The fourth-order valence-electron chi connectivity index (χ4n) is 1.25. The molecule has 1 saturated heterocycles. The Morgan fingerprint density at radius 3 is 2.67 bits per heavy atom. The van der Waals surface area contributed by atoms with Crippen molar-refractivity contribution >= 4 is 0 Å². The van der Waals surface area contributed by atoms with Gasteiger partial charge in [0.1, 0.15) is 5.60 Å². The van der Waals surface area contributed by atoms with E-state index in [0.717, 1.165) is 39.0 Å². The standard InChI is InChI=1S/C8H19N3O/c9-3-1-2-4-10-5-8(12)6-11-7-8/h10-12H,1-7,9H2. The van der Waals surface area contributed by atoms with E-state index < -0.39 is 5.60 Å². The Labute approximate surface area is 73.5 Å². The van der Waals surface area contributed by atoms with Crippen molar-refractivity contribution in [3.63, 3.8) is 0 Å². The average molecular weight is 173 g/mol. The molecular formula is C8H19N3O. The molecular weight excluding hydrogens is 154 g/mol. The Kier molecular flexibility index (Phi) is 3.94. The average Bonchev–Trinajstić information content (AvgIpc) is 2.01. The molecule has 0 aliphatic carbocycles. The number of hydrogen-bond donors (Lipinski definition) is 4. The van der Waals surface area contributed by atoms with Crippen LogP contribution in [0.4, 0.5) is 0 Å². The lowest BCUT2D eigenvalue weighted by Crippen LogP contribution is -2.64. The first-order chi connectivity index (χ1) is 5.77. The van der Waals surface area contributed by atoms with Crippen molar-refractivity contribution in [2.24, 2.45) is 5.73 Å². The van der Waals surface area contributed by atoms with E-state index in [1.165, 1.54) is 0 Å². The van der Waals surface area contributed by atoms with E-state index in [1.54, 1.807) is 0 Å². The topological polar surface area (TPSA) is 70.3 Å². The molecule has 0 saturated carbocycles. The molecule has 4 heteroatoms. The molecule has 0 amide bonds. The van der Waals surface area contributed by atoms with E-state index in [9.17, 15) is 5.11 Å². The quantitative estimate of drug-likeness (QED) is 0.375. The van der Waals surface area contributed by atoms with E-state index in [1.807, 2.05) is 0 Å². The Morgan fingerprint density at radius 2 is 2.17 bits per heavy atom. The van der Waals surface area contributed by atoms with Crippen LogP contribution in [0.2, 0.25) is 0 Å². The molecule has 1 heterocycles. The van der Waals surface area contributed by atoms with Crippen LogP contribution in [0.25, 0.3) is 0 Å². The van der Waals surface area contributed by atoms with Crippen molar-refractivity contribution in [1.82, 2.24) is 10.6 Å². The summed E-state index contributed by atoms with van der Waals surface area (Å²) >= 11 is 0. The summed E-state index contributed by atoms with van der Waals surface area (Å²) in [6.07, 6.45) is 2.16. The lowest BCUT2D eigenvalue weighted by Gasteiger charge is -2.37. The zero-order valence-electron chi connectivity index (χ0n) is 7.47. The summed E-state index contributed by atoms with van der Waals surface area (Å²) < 4.78 is 0. The van der Waals surface area contributed by atoms with Crippen LogP contribution in [0.3, 0.4) is 0 Å². The summed E-state index contributed by atoms with van der Waals surface area (Å²) in [6.45, 7) is 3.85. The molecule has 1 aliphatic heterocycles. The van der Waals surface area contributed by atoms with E-state index >= 15 is 0 Å². The summed E-state index contributed by atoms with van der Waals surface area (Å²) in [5.41, 5.74) is 4.86. The summed E-state index contributed by atoms with van der Waals surface area (Å²) in [6, 6.07) is 0. The molecule has 0 aromatic carbocycles. The van der Waals surface area contributed by atoms with E-state index in [2.05, 4.69) is 10.6 Å². The summed E-state index contributed by atoms with van der Waals surface area (Å²) in [4.78, 5) is 0. The van der Waals surface area contributed by atoms with Gasteiger partial charge >= 0.3 is 0 Å². The van der Waals surface area contributed by atoms with Crippen molar-refractivity contribution in [3.05, 3.63) is 0 Å². The molecule has 72 valence electrons. The van der Waals surface area contributed by atoms with Gasteiger partial charge in [-0.2, -0.15) is 0 Å². The Hall–Kier alpha value is -0.160. The highest BCUT2D eigenvalue weighted by atomic mass is 16.3. The SMILES string of the molecule is NCCCCNCC1(O)CNC1. The molecule has 0 aromatic rings. The minimum Gasteiger partial charge on any atom is -0.386 e. The van der Waals surface area contributed by atoms with Gasteiger partial charge in [-0.3, -0.25) is 0 Å². The number of β-amino-alcohol motifs (C(OH)–C–C–N with tert-alkyl or cyclic N) is 1. The Balaban J connectivity index is 1.88. The van der Waals surface area contributed by atoms with E-state index in [0.29, 0.717) is 6.54 Å². The first-order valence-corrected chi connectivity index (χ1v) is 4.61. The molecule has 4 nitrogen and oxygen atoms in total. The second-order valence-corrected chi connectivity index (χ2v) is 3.50. The molecule has 12 heavy (non-hydrogen) atoms. The minimum absolute atomic E-state index is 0.483. The van der Waals surface area contributed by atoms with E-state index in [-0.39, 0.29) is 0 Å². The van der Waals surface area contributed by atoms with Gasteiger partial charge in [0.2, 0.25) is 0 Å². The zero-order valence-corrected chi connectivity index (χ0v) is 7.47. The van der Waals surface area contributed by atoms with Crippen LogP contribution < -0.4 is 16.4 Å². The third-order valence-corrected chi connectivity index (χ3v) is 2.17. The highest BCUT2D eigenvalue weighted by molar-refractivity contribution is 4.94. The fraction of sp³-hybridized carbons (Fsp3) is 1.00. The van der Waals surface area contributed by atoms with Gasteiger partial charge in [0.25, 0.3) is 0 Å². The van der Waals surface area contributed by atoms with Crippen molar-refractivity contribution in [1.29, 1.82) is 0 Å². The highest BCUT2D eigenvalue weighted by Gasteiger charge is 2.33. The van der Waals surface area contributed by atoms with Crippen molar-refractivity contribution in [2.45, 2.75) is 18.4 Å². The fourth-order valence-corrected chi connectivity index (χ4v) is 1.25. The van der Waals surface area contributed by atoms with Crippen molar-refractivity contribution in [3.8, 4) is 0 Å². The zero-order chi connectivity index (χ0) is 8.86. The number of nitrogens with two attached hydrogens (primary N) is 1. The largest absolute Gasteiger partial charge is 0.386 e. The predicted molar refractivity (Wildman–Crippen MR) is 49.0 cm³/mol. The minimum atomic E-state index is -0.483. The monoisotopic (exact) mass is 173 g/mol. The first kappa shape index (κ1) is 9.92.